The van der Waals surface area contributed by atoms with Crippen molar-refractivity contribution >= 4 is 35.2 Å². The Morgan fingerprint density at radius 1 is 1.11 bits per heavy atom. The van der Waals surface area contributed by atoms with Gasteiger partial charge in [0.05, 0.1) is 11.4 Å². The molecule has 1 heterocycles. The fourth-order valence-corrected chi connectivity index (χ4v) is 2.83. The van der Waals surface area contributed by atoms with Gasteiger partial charge in [0.1, 0.15) is 5.82 Å². The SMILES string of the molecule is Cc1ccc(NC(=O)CCNC(=O)Nc2ccccc2SCC(F)(F)F)nc1. The second-order valence-electron chi connectivity index (χ2n) is 5.80. The zero-order chi connectivity index (χ0) is 20.6. The maximum atomic E-state index is 12.4. The summed E-state index contributed by atoms with van der Waals surface area (Å²) in [5.74, 6) is -0.964. The lowest BCUT2D eigenvalue weighted by molar-refractivity contribution is -0.116. The van der Waals surface area contributed by atoms with E-state index in [1.807, 2.05) is 13.0 Å². The smallest absolute Gasteiger partial charge is 0.337 e. The van der Waals surface area contributed by atoms with Crippen LogP contribution >= 0.6 is 11.8 Å². The first kappa shape index (κ1) is 21.5. The standard InChI is InChI=1S/C18H19F3N4O2S/c1-12-6-7-15(23-10-12)25-16(26)8-9-22-17(27)24-13-4-2-3-5-14(13)28-11-18(19,20)21/h2-7,10H,8-9,11H2,1H3,(H2,22,24,27)(H,23,25,26). The van der Waals surface area contributed by atoms with Gasteiger partial charge in [0.2, 0.25) is 5.91 Å². The van der Waals surface area contributed by atoms with Crippen LogP contribution in [0.3, 0.4) is 0 Å². The van der Waals surface area contributed by atoms with Gasteiger partial charge in [-0.05, 0) is 30.7 Å². The largest absolute Gasteiger partial charge is 0.398 e. The van der Waals surface area contributed by atoms with Crippen LogP contribution in [-0.2, 0) is 4.79 Å². The summed E-state index contributed by atoms with van der Waals surface area (Å²) in [4.78, 5) is 28.1. The van der Waals surface area contributed by atoms with Gasteiger partial charge in [-0.1, -0.05) is 18.2 Å². The van der Waals surface area contributed by atoms with Crippen molar-refractivity contribution in [3.8, 4) is 0 Å². The third kappa shape index (κ3) is 7.87. The Hall–Kier alpha value is -2.75. The van der Waals surface area contributed by atoms with Gasteiger partial charge in [0.15, 0.2) is 0 Å². The molecule has 0 atom stereocenters. The second kappa shape index (κ2) is 9.98. The highest BCUT2D eigenvalue weighted by atomic mass is 32.2. The van der Waals surface area contributed by atoms with Crippen molar-refractivity contribution < 1.29 is 22.8 Å². The van der Waals surface area contributed by atoms with Crippen LogP contribution in [0.4, 0.5) is 29.5 Å². The molecule has 3 amide bonds. The van der Waals surface area contributed by atoms with Gasteiger partial charge in [-0.2, -0.15) is 13.2 Å². The molecule has 0 aliphatic heterocycles. The van der Waals surface area contributed by atoms with Gasteiger partial charge < -0.3 is 16.0 Å². The summed E-state index contributed by atoms with van der Waals surface area (Å²) in [6, 6.07) is 9.06. The number of halogens is 3. The summed E-state index contributed by atoms with van der Waals surface area (Å²) < 4.78 is 37.2. The number of hydrogen-bond acceptors (Lipinski definition) is 4. The lowest BCUT2D eigenvalue weighted by Gasteiger charge is -2.12. The van der Waals surface area contributed by atoms with Crippen LogP contribution < -0.4 is 16.0 Å². The van der Waals surface area contributed by atoms with E-state index >= 15 is 0 Å². The molecule has 0 aliphatic rings. The molecule has 0 fully saturated rings. The number of carbonyl (C=O) groups excluding carboxylic acids is 2. The lowest BCUT2D eigenvalue weighted by atomic mass is 10.3. The number of thioether (sulfide) groups is 1. The third-order valence-corrected chi connectivity index (χ3v) is 4.48. The topological polar surface area (TPSA) is 83.1 Å². The van der Waals surface area contributed by atoms with Crippen LogP contribution in [0.5, 0.6) is 0 Å². The number of pyridine rings is 1. The van der Waals surface area contributed by atoms with E-state index in [1.165, 1.54) is 12.1 Å². The first-order valence-electron chi connectivity index (χ1n) is 8.29. The number of amides is 3. The summed E-state index contributed by atoms with van der Waals surface area (Å²) in [6.45, 7) is 1.93. The summed E-state index contributed by atoms with van der Waals surface area (Å²) in [6.07, 6.45) is -2.66. The molecule has 0 saturated carbocycles. The summed E-state index contributed by atoms with van der Waals surface area (Å²) in [5.41, 5.74) is 1.23. The van der Waals surface area contributed by atoms with Crippen molar-refractivity contribution in [1.29, 1.82) is 0 Å². The Bertz CT molecular complexity index is 813. The fraction of sp³-hybridized carbons (Fsp3) is 0.278. The minimum atomic E-state index is -4.31. The van der Waals surface area contributed by atoms with E-state index in [0.717, 1.165) is 5.56 Å². The number of para-hydroxylation sites is 1. The van der Waals surface area contributed by atoms with Gasteiger partial charge in [-0.15, -0.1) is 11.8 Å². The number of rotatable bonds is 7. The van der Waals surface area contributed by atoms with Crippen molar-refractivity contribution in [2.24, 2.45) is 0 Å². The van der Waals surface area contributed by atoms with Gasteiger partial charge in [0.25, 0.3) is 0 Å². The molecule has 0 aliphatic carbocycles. The van der Waals surface area contributed by atoms with Crippen molar-refractivity contribution in [1.82, 2.24) is 10.3 Å². The van der Waals surface area contributed by atoms with Gasteiger partial charge >= 0.3 is 12.2 Å². The van der Waals surface area contributed by atoms with E-state index in [2.05, 4.69) is 20.9 Å². The molecule has 0 saturated heterocycles. The number of nitrogens with one attached hydrogen (secondary N) is 3. The average Bonchev–Trinajstić information content (AvgIpc) is 2.62. The molecule has 3 N–H and O–H groups in total. The van der Waals surface area contributed by atoms with Crippen LogP contribution in [-0.4, -0.2) is 35.4 Å². The quantitative estimate of drug-likeness (QED) is 0.596. The van der Waals surface area contributed by atoms with Gasteiger partial charge in [-0.3, -0.25) is 4.79 Å². The monoisotopic (exact) mass is 412 g/mol. The molecule has 0 unspecified atom stereocenters. The zero-order valence-corrected chi connectivity index (χ0v) is 15.8. The summed E-state index contributed by atoms with van der Waals surface area (Å²) >= 11 is 0.588. The van der Waals surface area contributed by atoms with Crippen molar-refractivity contribution in [2.45, 2.75) is 24.4 Å². The molecule has 0 spiro atoms. The Kier molecular flexibility index (Phi) is 7.68. The number of aromatic nitrogens is 1. The number of hydrogen-bond donors (Lipinski definition) is 3. The Balaban J connectivity index is 1.78. The number of urea groups is 1. The van der Waals surface area contributed by atoms with E-state index in [0.29, 0.717) is 22.5 Å². The molecule has 2 aromatic rings. The second-order valence-corrected chi connectivity index (χ2v) is 6.82. The number of benzene rings is 1. The first-order valence-corrected chi connectivity index (χ1v) is 9.27. The average molecular weight is 412 g/mol. The van der Waals surface area contributed by atoms with Crippen molar-refractivity contribution in [3.05, 3.63) is 48.2 Å². The highest BCUT2D eigenvalue weighted by Crippen LogP contribution is 2.31. The minimum Gasteiger partial charge on any atom is -0.337 e. The van der Waals surface area contributed by atoms with E-state index in [1.54, 1.807) is 24.4 Å². The summed E-state index contributed by atoms with van der Waals surface area (Å²) in [7, 11) is 0. The maximum Gasteiger partial charge on any atom is 0.398 e. The van der Waals surface area contributed by atoms with E-state index in [-0.39, 0.29) is 24.6 Å². The normalized spacial score (nSPS) is 11.0. The predicted molar refractivity (Wildman–Crippen MR) is 102 cm³/mol. The van der Waals surface area contributed by atoms with Crippen LogP contribution in [0.2, 0.25) is 0 Å². The highest BCUT2D eigenvalue weighted by Gasteiger charge is 2.27. The molecule has 1 aromatic heterocycles. The molecule has 1 aromatic carbocycles. The fourth-order valence-electron chi connectivity index (χ4n) is 2.06. The van der Waals surface area contributed by atoms with Crippen LogP contribution in [0.1, 0.15) is 12.0 Å². The van der Waals surface area contributed by atoms with Gasteiger partial charge in [-0.25, -0.2) is 9.78 Å². The predicted octanol–water partition coefficient (Wildman–Crippen LogP) is 4.19. The molecular weight excluding hydrogens is 393 g/mol. The molecule has 6 nitrogen and oxygen atoms in total. The third-order valence-electron chi connectivity index (χ3n) is 3.34. The highest BCUT2D eigenvalue weighted by molar-refractivity contribution is 7.99. The molecule has 150 valence electrons. The molecule has 2 rings (SSSR count). The van der Waals surface area contributed by atoms with Crippen molar-refractivity contribution in [2.75, 3.05) is 22.9 Å². The summed E-state index contributed by atoms with van der Waals surface area (Å²) in [5, 5.41) is 7.59. The molecule has 28 heavy (non-hydrogen) atoms. The molecule has 0 radical (unpaired) electrons. The minimum absolute atomic E-state index is 0.0213. The number of nitrogens with zero attached hydrogens (tertiary/aromatic N) is 1. The number of aryl methyl sites for hydroxylation is 1. The molecular formula is C18H19F3N4O2S. The lowest BCUT2D eigenvalue weighted by Crippen LogP contribution is -2.31. The van der Waals surface area contributed by atoms with E-state index < -0.39 is 18.0 Å². The Labute approximate surface area is 164 Å². The Morgan fingerprint density at radius 3 is 2.54 bits per heavy atom. The van der Waals surface area contributed by atoms with Crippen LogP contribution in [0.25, 0.3) is 0 Å². The van der Waals surface area contributed by atoms with E-state index in [9.17, 15) is 22.8 Å². The van der Waals surface area contributed by atoms with E-state index in [4.69, 9.17) is 0 Å². The maximum absolute atomic E-state index is 12.4. The number of carbonyl (C=O) groups is 2. The molecule has 10 heteroatoms. The molecule has 0 bridgehead atoms. The van der Waals surface area contributed by atoms with Crippen molar-refractivity contribution in [3.63, 3.8) is 0 Å². The van der Waals surface area contributed by atoms with Crippen LogP contribution in [0, 0.1) is 6.92 Å². The number of alkyl halides is 3. The first-order chi connectivity index (χ1) is 13.2. The van der Waals surface area contributed by atoms with Crippen LogP contribution in [0.15, 0.2) is 47.5 Å². The van der Waals surface area contributed by atoms with Gasteiger partial charge in [0, 0.05) is 24.1 Å². The number of anilines is 2. The Morgan fingerprint density at radius 2 is 1.86 bits per heavy atom. The zero-order valence-electron chi connectivity index (χ0n) is 15.0.